The molecule has 1 rings (SSSR count). The van der Waals surface area contributed by atoms with Gasteiger partial charge < -0.3 is 9.67 Å². The average Bonchev–Trinajstić information content (AvgIpc) is 2.36. The Kier molecular flexibility index (Phi) is 2.29. The molecule has 0 bridgehead atoms. The Morgan fingerprint density at radius 1 is 1.73 bits per heavy atom. The summed E-state index contributed by atoms with van der Waals surface area (Å²) >= 11 is 0. The lowest BCUT2D eigenvalue weighted by Crippen LogP contribution is -1.93. The first kappa shape index (κ1) is 7.83. The van der Waals surface area contributed by atoms with Gasteiger partial charge in [-0.1, -0.05) is 5.92 Å². The monoisotopic (exact) mass is 150 g/mol. The van der Waals surface area contributed by atoms with Crippen LogP contribution in [0.3, 0.4) is 0 Å². The van der Waals surface area contributed by atoms with Crippen molar-refractivity contribution < 1.29 is 5.11 Å². The lowest BCUT2D eigenvalue weighted by Gasteiger charge is -1.95. The molecule has 1 aromatic rings. The lowest BCUT2D eigenvalue weighted by atomic mass is 10.3. The fraction of sp³-hybridized carbons (Fsp3) is 0.375. The van der Waals surface area contributed by atoms with Gasteiger partial charge in [-0.15, -0.1) is 5.92 Å². The second-order valence-corrected chi connectivity index (χ2v) is 2.26. The summed E-state index contributed by atoms with van der Waals surface area (Å²) in [5.74, 6) is 5.23. The van der Waals surface area contributed by atoms with E-state index in [1.54, 1.807) is 24.0 Å². The zero-order chi connectivity index (χ0) is 8.27. The summed E-state index contributed by atoms with van der Waals surface area (Å²) in [5, 5.41) is 9.28. The normalized spacial score (nSPS) is 11.9. The Hall–Kier alpha value is -1.27. The standard InChI is InChI=1S/C8H10N2O/c1-3-4-8(11)7-5-10(2)6-9-7/h5-6,8,11H,1-2H3/t8-/m0/s1. The van der Waals surface area contributed by atoms with Gasteiger partial charge in [-0.05, 0) is 6.92 Å². The third-order valence-electron chi connectivity index (χ3n) is 1.29. The number of hydrogen-bond donors (Lipinski definition) is 1. The van der Waals surface area contributed by atoms with E-state index in [1.165, 1.54) is 0 Å². The van der Waals surface area contributed by atoms with Crippen molar-refractivity contribution >= 4 is 0 Å². The van der Waals surface area contributed by atoms with Gasteiger partial charge in [-0.2, -0.15) is 0 Å². The Morgan fingerprint density at radius 3 is 2.91 bits per heavy atom. The van der Waals surface area contributed by atoms with Crippen LogP contribution in [0.2, 0.25) is 0 Å². The van der Waals surface area contributed by atoms with E-state index in [-0.39, 0.29) is 0 Å². The molecule has 0 aliphatic heterocycles. The second kappa shape index (κ2) is 3.22. The number of aliphatic hydroxyl groups excluding tert-OH is 1. The highest BCUT2D eigenvalue weighted by molar-refractivity contribution is 5.14. The van der Waals surface area contributed by atoms with Crippen LogP contribution in [0, 0.1) is 11.8 Å². The number of hydrogen-bond acceptors (Lipinski definition) is 2. The van der Waals surface area contributed by atoms with Gasteiger partial charge in [0, 0.05) is 13.2 Å². The highest BCUT2D eigenvalue weighted by Crippen LogP contribution is 2.06. The van der Waals surface area contributed by atoms with Crippen LogP contribution in [0.1, 0.15) is 18.7 Å². The number of rotatable bonds is 1. The molecule has 0 radical (unpaired) electrons. The average molecular weight is 150 g/mol. The van der Waals surface area contributed by atoms with Gasteiger partial charge in [-0.25, -0.2) is 4.98 Å². The first-order valence-electron chi connectivity index (χ1n) is 3.32. The van der Waals surface area contributed by atoms with E-state index in [0.717, 1.165) is 0 Å². The molecule has 0 saturated carbocycles. The van der Waals surface area contributed by atoms with Crippen molar-refractivity contribution in [1.29, 1.82) is 0 Å². The Balaban J connectivity index is 2.81. The van der Waals surface area contributed by atoms with Crippen molar-refractivity contribution in [3.63, 3.8) is 0 Å². The maximum Gasteiger partial charge on any atom is 0.158 e. The Bertz CT molecular complexity index is 293. The van der Waals surface area contributed by atoms with Crippen LogP contribution in [0.25, 0.3) is 0 Å². The molecule has 0 aromatic carbocycles. The highest BCUT2D eigenvalue weighted by Gasteiger charge is 2.04. The Morgan fingerprint density at radius 2 is 2.45 bits per heavy atom. The number of imidazole rings is 1. The number of aromatic nitrogens is 2. The van der Waals surface area contributed by atoms with Gasteiger partial charge >= 0.3 is 0 Å². The van der Waals surface area contributed by atoms with Crippen molar-refractivity contribution in [2.24, 2.45) is 7.05 Å². The van der Waals surface area contributed by atoms with E-state index in [1.807, 2.05) is 7.05 Å². The molecule has 0 spiro atoms. The molecule has 3 heteroatoms. The molecule has 0 unspecified atom stereocenters. The minimum absolute atomic E-state index is 0.599. The molecule has 0 fully saturated rings. The van der Waals surface area contributed by atoms with Crippen LogP contribution in [-0.4, -0.2) is 14.7 Å². The zero-order valence-corrected chi connectivity index (χ0v) is 6.57. The molecule has 58 valence electrons. The highest BCUT2D eigenvalue weighted by atomic mass is 16.3. The quantitative estimate of drug-likeness (QED) is 0.591. The van der Waals surface area contributed by atoms with Crippen LogP contribution in [0.5, 0.6) is 0 Å². The van der Waals surface area contributed by atoms with Crippen LogP contribution in [0.4, 0.5) is 0 Å². The summed E-state index contributed by atoms with van der Waals surface area (Å²) in [6, 6.07) is 0. The van der Waals surface area contributed by atoms with E-state index in [9.17, 15) is 5.11 Å². The summed E-state index contributed by atoms with van der Waals surface area (Å²) in [6.07, 6.45) is 2.63. The minimum atomic E-state index is -0.749. The molecule has 11 heavy (non-hydrogen) atoms. The van der Waals surface area contributed by atoms with Gasteiger partial charge in [-0.3, -0.25) is 0 Å². The zero-order valence-electron chi connectivity index (χ0n) is 6.57. The maximum atomic E-state index is 9.28. The van der Waals surface area contributed by atoms with Crippen molar-refractivity contribution in [3.8, 4) is 11.8 Å². The fourth-order valence-corrected chi connectivity index (χ4v) is 0.785. The van der Waals surface area contributed by atoms with Crippen LogP contribution in [-0.2, 0) is 7.05 Å². The summed E-state index contributed by atoms with van der Waals surface area (Å²) in [4.78, 5) is 3.94. The summed E-state index contributed by atoms with van der Waals surface area (Å²) in [6.45, 7) is 1.69. The van der Waals surface area contributed by atoms with Crippen molar-refractivity contribution in [2.75, 3.05) is 0 Å². The molecule has 3 nitrogen and oxygen atoms in total. The summed E-state index contributed by atoms with van der Waals surface area (Å²) in [5.41, 5.74) is 0.599. The van der Waals surface area contributed by atoms with Gasteiger partial charge in [0.2, 0.25) is 0 Å². The maximum absolute atomic E-state index is 9.28. The second-order valence-electron chi connectivity index (χ2n) is 2.26. The van der Waals surface area contributed by atoms with Crippen molar-refractivity contribution in [2.45, 2.75) is 13.0 Å². The first-order chi connectivity index (χ1) is 5.24. The van der Waals surface area contributed by atoms with Crippen LogP contribution in [0.15, 0.2) is 12.5 Å². The molecule has 1 N–H and O–H groups in total. The predicted octanol–water partition coefficient (Wildman–Crippen LogP) is 0.477. The topological polar surface area (TPSA) is 38.0 Å². The smallest absolute Gasteiger partial charge is 0.158 e. The molecule has 0 aliphatic carbocycles. The van der Waals surface area contributed by atoms with E-state index in [0.29, 0.717) is 5.69 Å². The molecular weight excluding hydrogens is 140 g/mol. The SMILES string of the molecule is CC#C[C@H](O)c1cn(C)cn1. The number of aliphatic hydroxyl groups is 1. The van der Waals surface area contributed by atoms with E-state index in [2.05, 4.69) is 16.8 Å². The molecule has 1 heterocycles. The molecule has 0 aliphatic rings. The summed E-state index contributed by atoms with van der Waals surface area (Å²) in [7, 11) is 1.85. The molecule has 1 atom stereocenters. The van der Waals surface area contributed by atoms with E-state index < -0.39 is 6.10 Å². The van der Waals surface area contributed by atoms with Crippen molar-refractivity contribution in [3.05, 3.63) is 18.2 Å². The third-order valence-corrected chi connectivity index (χ3v) is 1.29. The minimum Gasteiger partial charge on any atom is -0.374 e. The van der Waals surface area contributed by atoms with Gasteiger partial charge in [0.25, 0.3) is 0 Å². The molecule has 1 aromatic heterocycles. The fourth-order valence-electron chi connectivity index (χ4n) is 0.785. The predicted molar refractivity (Wildman–Crippen MR) is 41.6 cm³/mol. The number of nitrogens with zero attached hydrogens (tertiary/aromatic N) is 2. The summed E-state index contributed by atoms with van der Waals surface area (Å²) < 4.78 is 1.77. The van der Waals surface area contributed by atoms with Gasteiger partial charge in [0.1, 0.15) is 0 Å². The number of aryl methyl sites for hydroxylation is 1. The lowest BCUT2D eigenvalue weighted by molar-refractivity contribution is 0.234. The molecular formula is C8H10N2O. The third kappa shape index (κ3) is 1.82. The van der Waals surface area contributed by atoms with Crippen LogP contribution < -0.4 is 0 Å². The van der Waals surface area contributed by atoms with Crippen molar-refractivity contribution in [1.82, 2.24) is 9.55 Å². The first-order valence-corrected chi connectivity index (χ1v) is 3.32. The van der Waals surface area contributed by atoms with Crippen LogP contribution >= 0.6 is 0 Å². The van der Waals surface area contributed by atoms with E-state index >= 15 is 0 Å². The largest absolute Gasteiger partial charge is 0.374 e. The van der Waals surface area contributed by atoms with Gasteiger partial charge in [0.15, 0.2) is 6.10 Å². The molecule has 0 saturated heterocycles. The Labute approximate surface area is 65.7 Å². The van der Waals surface area contributed by atoms with E-state index in [4.69, 9.17) is 0 Å². The molecule has 0 amide bonds. The van der Waals surface area contributed by atoms with Gasteiger partial charge in [0.05, 0.1) is 12.0 Å².